The van der Waals surface area contributed by atoms with Crippen molar-refractivity contribution in [2.75, 3.05) is 25.2 Å². The number of nitrogens with zero attached hydrogens (tertiary/aromatic N) is 1. The number of likely N-dealkylation sites (N-methyl/N-ethyl adjacent to an activating group) is 1. The zero-order valence-corrected chi connectivity index (χ0v) is 17.7. The van der Waals surface area contributed by atoms with Crippen molar-refractivity contribution >= 4 is 17.6 Å². The highest BCUT2D eigenvalue weighted by atomic mass is 16.6. The quantitative estimate of drug-likeness (QED) is 0.593. The molecular formula is C23H29NO5. The molecule has 0 aliphatic heterocycles. The summed E-state index contributed by atoms with van der Waals surface area (Å²) in [7, 11) is 1.60. The van der Waals surface area contributed by atoms with Crippen LogP contribution in [0.25, 0.3) is 0 Å². The average Bonchev–Trinajstić information content (AvgIpc) is 2.71. The van der Waals surface area contributed by atoms with Gasteiger partial charge >= 0.3 is 11.9 Å². The molecule has 156 valence electrons. The Morgan fingerprint density at radius 1 is 1.00 bits per heavy atom. The topological polar surface area (TPSA) is 65.1 Å². The first-order valence-electron chi connectivity index (χ1n) is 9.72. The fourth-order valence-corrected chi connectivity index (χ4v) is 3.21. The van der Waals surface area contributed by atoms with Gasteiger partial charge in [-0.15, -0.1) is 0 Å². The van der Waals surface area contributed by atoms with Crippen LogP contribution in [0.1, 0.15) is 38.0 Å². The maximum absolute atomic E-state index is 13.0. The SMILES string of the molecule is CCOC(=O)[C@@H]([C@H](OC(C)=O)c1ccc(C)cc1)N(CC)c1ccc(OC)cc1. The highest BCUT2D eigenvalue weighted by Gasteiger charge is 2.38. The molecule has 0 aliphatic rings. The van der Waals surface area contributed by atoms with Gasteiger partial charge in [0.1, 0.15) is 5.75 Å². The zero-order chi connectivity index (χ0) is 21.4. The molecule has 6 nitrogen and oxygen atoms in total. The van der Waals surface area contributed by atoms with Crippen LogP contribution in [-0.4, -0.2) is 38.2 Å². The summed E-state index contributed by atoms with van der Waals surface area (Å²) < 4.78 is 16.2. The van der Waals surface area contributed by atoms with Crippen molar-refractivity contribution in [1.82, 2.24) is 0 Å². The van der Waals surface area contributed by atoms with Gasteiger partial charge in [0.15, 0.2) is 12.1 Å². The Hall–Kier alpha value is -3.02. The molecule has 0 radical (unpaired) electrons. The van der Waals surface area contributed by atoms with E-state index >= 15 is 0 Å². The van der Waals surface area contributed by atoms with Crippen LogP contribution < -0.4 is 9.64 Å². The van der Waals surface area contributed by atoms with Gasteiger partial charge in [-0.2, -0.15) is 0 Å². The molecule has 0 amide bonds. The van der Waals surface area contributed by atoms with Crippen molar-refractivity contribution in [3.05, 3.63) is 59.7 Å². The van der Waals surface area contributed by atoms with Gasteiger partial charge < -0.3 is 19.1 Å². The molecule has 0 heterocycles. The Bertz CT molecular complexity index is 801. The van der Waals surface area contributed by atoms with E-state index in [2.05, 4.69) is 0 Å². The third kappa shape index (κ3) is 5.73. The fraction of sp³-hybridized carbons (Fsp3) is 0.391. The molecule has 2 rings (SSSR count). The largest absolute Gasteiger partial charge is 0.497 e. The number of carbonyl (C=O) groups excluding carboxylic acids is 2. The van der Waals surface area contributed by atoms with Crippen LogP contribution in [0.15, 0.2) is 48.5 Å². The van der Waals surface area contributed by atoms with Crippen LogP contribution in [-0.2, 0) is 19.1 Å². The molecule has 6 heteroatoms. The second-order valence-corrected chi connectivity index (χ2v) is 6.62. The number of carbonyl (C=O) groups is 2. The predicted octanol–water partition coefficient (Wildman–Crippen LogP) is 4.07. The summed E-state index contributed by atoms with van der Waals surface area (Å²) in [6.07, 6.45) is -0.811. The number of aryl methyl sites for hydroxylation is 1. The highest BCUT2D eigenvalue weighted by molar-refractivity contribution is 5.82. The van der Waals surface area contributed by atoms with Crippen molar-refractivity contribution in [3.63, 3.8) is 0 Å². The lowest BCUT2D eigenvalue weighted by molar-refractivity contribution is -0.156. The molecule has 0 N–H and O–H groups in total. The van der Waals surface area contributed by atoms with Crippen molar-refractivity contribution < 1.29 is 23.8 Å². The minimum atomic E-state index is -0.833. The third-order valence-electron chi connectivity index (χ3n) is 4.59. The summed E-state index contributed by atoms with van der Waals surface area (Å²) >= 11 is 0. The fourth-order valence-electron chi connectivity index (χ4n) is 3.21. The summed E-state index contributed by atoms with van der Waals surface area (Å²) in [5.41, 5.74) is 2.61. The van der Waals surface area contributed by atoms with Gasteiger partial charge in [-0.3, -0.25) is 4.79 Å². The number of hydrogen-bond acceptors (Lipinski definition) is 6. The second kappa shape index (κ2) is 10.5. The van der Waals surface area contributed by atoms with Gasteiger partial charge in [-0.25, -0.2) is 4.79 Å². The second-order valence-electron chi connectivity index (χ2n) is 6.62. The summed E-state index contributed by atoms with van der Waals surface area (Å²) in [4.78, 5) is 26.8. The van der Waals surface area contributed by atoms with Gasteiger partial charge in [-0.05, 0) is 50.6 Å². The van der Waals surface area contributed by atoms with Crippen molar-refractivity contribution in [1.29, 1.82) is 0 Å². The number of ether oxygens (including phenoxy) is 3. The van der Waals surface area contributed by atoms with Gasteiger partial charge in [0, 0.05) is 19.2 Å². The normalized spacial score (nSPS) is 12.6. The monoisotopic (exact) mass is 399 g/mol. The molecule has 2 atom stereocenters. The summed E-state index contributed by atoms with van der Waals surface area (Å²) in [6, 6.07) is 14.2. The average molecular weight is 399 g/mol. The Morgan fingerprint density at radius 3 is 2.10 bits per heavy atom. The summed E-state index contributed by atoms with van der Waals surface area (Å²) in [5.74, 6) is -0.194. The van der Waals surface area contributed by atoms with Gasteiger partial charge in [0.05, 0.1) is 13.7 Å². The van der Waals surface area contributed by atoms with Crippen LogP contribution in [0.4, 0.5) is 5.69 Å². The molecule has 0 spiro atoms. The van der Waals surface area contributed by atoms with Crippen LogP contribution in [0.3, 0.4) is 0 Å². The molecule has 0 bridgehead atoms. The molecule has 0 fully saturated rings. The minimum Gasteiger partial charge on any atom is -0.497 e. The molecule has 2 aromatic rings. The zero-order valence-electron chi connectivity index (χ0n) is 17.7. The van der Waals surface area contributed by atoms with E-state index in [9.17, 15) is 9.59 Å². The maximum Gasteiger partial charge on any atom is 0.333 e. The maximum atomic E-state index is 13.0. The van der Waals surface area contributed by atoms with Crippen molar-refractivity contribution in [3.8, 4) is 5.75 Å². The lowest BCUT2D eigenvalue weighted by Crippen LogP contribution is -2.47. The third-order valence-corrected chi connectivity index (χ3v) is 4.59. The van der Waals surface area contributed by atoms with Crippen molar-refractivity contribution in [2.24, 2.45) is 0 Å². The molecular weight excluding hydrogens is 370 g/mol. The summed E-state index contributed by atoms with van der Waals surface area (Å²) in [5, 5.41) is 0. The van der Waals surface area contributed by atoms with Crippen LogP contribution in [0.5, 0.6) is 5.75 Å². The predicted molar refractivity (Wildman–Crippen MR) is 112 cm³/mol. The molecule has 0 aliphatic carbocycles. The number of hydrogen-bond donors (Lipinski definition) is 0. The molecule has 0 saturated heterocycles. The highest BCUT2D eigenvalue weighted by Crippen LogP contribution is 2.31. The van der Waals surface area contributed by atoms with E-state index in [0.717, 1.165) is 16.8 Å². The molecule has 0 aromatic heterocycles. The van der Waals surface area contributed by atoms with E-state index in [1.807, 2.05) is 67.3 Å². The number of methoxy groups -OCH3 is 1. The van der Waals surface area contributed by atoms with E-state index in [0.29, 0.717) is 12.3 Å². The van der Waals surface area contributed by atoms with Crippen LogP contribution >= 0.6 is 0 Å². The smallest absolute Gasteiger partial charge is 0.333 e. The first-order valence-corrected chi connectivity index (χ1v) is 9.72. The summed E-state index contributed by atoms with van der Waals surface area (Å²) in [6.45, 7) is 7.76. The number of benzene rings is 2. The molecule has 2 aromatic carbocycles. The Morgan fingerprint density at radius 2 is 1.62 bits per heavy atom. The van der Waals surface area contributed by atoms with Crippen LogP contribution in [0, 0.1) is 6.92 Å². The van der Waals surface area contributed by atoms with Gasteiger partial charge in [0.25, 0.3) is 0 Å². The van der Waals surface area contributed by atoms with E-state index in [1.54, 1.807) is 14.0 Å². The Kier molecular flexibility index (Phi) is 8.07. The van der Waals surface area contributed by atoms with Gasteiger partial charge in [0.2, 0.25) is 0 Å². The van der Waals surface area contributed by atoms with E-state index in [-0.39, 0.29) is 6.61 Å². The van der Waals surface area contributed by atoms with Crippen molar-refractivity contribution in [2.45, 2.75) is 39.8 Å². The lowest BCUT2D eigenvalue weighted by atomic mass is 9.98. The van der Waals surface area contributed by atoms with Gasteiger partial charge in [-0.1, -0.05) is 29.8 Å². The molecule has 0 unspecified atom stereocenters. The van der Waals surface area contributed by atoms with E-state index < -0.39 is 24.1 Å². The Labute approximate surface area is 172 Å². The minimum absolute atomic E-state index is 0.232. The van der Waals surface area contributed by atoms with Crippen LogP contribution in [0.2, 0.25) is 0 Å². The first kappa shape index (κ1) is 22.3. The lowest BCUT2D eigenvalue weighted by Gasteiger charge is -2.36. The standard InChI is InChI=1S/C23H29NO5/c1-6-24(19-12-14-20(27-5)15-13-19)21(23(26)28-7-2)22(29-17(4)25)18-10-8-16(3)9-11-18/h8-15,21-22H,6-7H2,1-5H3/t21-,22-/m1/s1. The molecule has 29 heavy (non-hydrogen) atoms. The number of anilines is 1. The Balaban J connectivity index is 2.54. The number of rotatable bonds is 9. The molecule has 0 saturated carbocycles. The van der Waals surface area contributed by atoms with E-state index in [4.69, 9.17) is 14.2 Å². The number of esters is 2. The first-order chi connectivity index (χ1) is 13.9. The van der Waals surface area contributed by atoms with E-state index in [1.165, 1.54) is 6.92 Å².